The van der Waals surface area contributed by atoms with Gasteiger partial charge in [0.1, 0.15) is 5.82 Å². The fourth-order valence-electron chi connectivity index (χ4n) is 2.37. The molecule has 0 atom stereocenters. The normalized spacial score (nSPS) is 15.1. The second-order valence-corrected chi connectivity index (χ2v) is 4.57. The Labute approximate surface area is 98.3 Å². The Hall–Kier alpha value is -1.15. The SMILES string of the molecule is Fc1cccc2nc3c(c(Cl)c12)CCCC3. The summed E-state index contributed by atoms with van der Waals surface area (Å²) in [5.74, 6) is -0.275. The fourth-order valence-corrected chi connectivity index (χ4v) is 2.76. The predicted octanol–water partition coefficient (Wildman–Crippen LogP) is 3.91. The maximum Gasteiger partial charge on any atom is 0.134 e. The number of rotatable bonds is 0. The molecule has 0 fully saturated rings. The van der Waals surface area contributed by atoms with E-state index >= 15 is 0 Å². The van der Waals surface area contributed by atoms with Crippen LogP contribution in [0.1, 0.15) is 24.1 Å². The molecule has 1 heterocycles. The van der Waals surface area contributed by atoms with Gasteiger partial charge in [-0.2, -0.15) is 0 Å². The molecule has 0 aliphatic heterocycles. The second kappa shape index (κ2) is 3.70. The average Bonchev–Trinajstić information content (AvgIpc) is 2.29. The smallest absolute Gasteiger partial charge is 0.134 e. The minimum atomic E-state index is -0.275. The number of benzene rings is 1. The van der Waals surface area contributed by atoms with E-state index in [0.29, 0.717) is 15.9 Å². The van der Waals surface area contributed by atoms with Crippen molar-refractivity contribution in [3.8, 4) is 0 Å². The lowest BCUT2D eigenvalue weighted by atomic mass is 9.94. The van der Waals surface area contributed by atoms with Crippen LogP contribution in [0, 0.1) is 5.82 Å². The molecule has 0 saturated carbocycles. The maximum absolute atomic E-state index is 13.7. The van der Waals surface area contributed by atoms with E-state index in [-0.39, 0.29) is 5.82 Å². The summed E-state index contributed by atoms with van der Waals surface area (Å²) in [7, 11) is 0. The molecule has 1 aromatic carbocycles. The lowest BCUT2D eigenvalue weighted by molar-refractivity contribution is 0.637. The molecular weight excluding hydrogens is 225 g/mol. The van der Waals surface area contributed by atoms with Crippen molar-refractivity contribution >= 4 is 22.5 Å². The highest BCUT2D eigenvalue weighted by atomic mass is 35.5. The highest BCUT2D eigenvalue weighted by molar-refractivity contribution is 6.36. The van der Waals surface area contributed by atoms with E-state index in [1.165, 1.54) is 6.07 Å². The van der Waals surface area contributed by atoms with Crippen LogP contribution >= 0.6 is 11.6 Å². The molecular formula is C13H11ClFN. The van der Waals surface area contributed by atoms with E-state index in [0.717, 1.165) is 36.9 Å². The van der Waals surface area contributed by atoms with Crippen LogP contribution in [0.3, 0.4) is 0 Å². The molecule has 3 rings (SSSR count). The van der Waals surface area contributed by atoms with Crippen LogP contribution < -0.4 is 0 Å². The maximum atomic E-state index is 13.7. The largest absolute Gasteiger partial charge is 0.252 e. The first kappa shape index (κ1) is 10.0. The van der Waals surface area contributed by atoms with Gasteiger partial charge >= 0.3 is 0 Å². The zero-order chi connectivity index (χ0) is 11.1. The Kier molecular flexibility index (Phi) is 2.32. The molecule has 1 nitrogen and oxygen atoms in total. The number of hydrogen-bond donors (Lipinski definition) is 0. The van der Waals surface area contributed by atoms with Gasteiger partial charge in [0.2, 0.25) is 0 Å². The summed E-state index contributed by atoms with van der Waals surface area (Å²) in [4.78, 5) is 4.51. The summed E-state index contributed by atoms with van der Waals surface area (Å²) in [6, 6.07) is 4.93. The molecule has 1 aromatic heterocycles. The number of nitrogens with zero attached hydrogens (tertiary/aromatic N) is 1. The van der Waals surface area contributed by atoms with Crippen LogP contribution in [0.5, 0.6) is 0 Å². The first-order valence-electron chi connectivity index (χ1n) is 5.53. The van der Waals surface area contributed by atoms with Gasteiger partial charge in [-0.15, -0.1) is 0 Å². The van der Waals surface area contributed by atoms with Crippen molar-refractivity contribution in [3.63, 3.8) is 0 Å². The van der Waals surface area contributed by atoms with Gasteiger partial charge in [0.25, 0.3) is 0 Å². The molecule has 82 valence electrons. The number of aromatic nitrogens is 1. The van der Waals surface area contributed by atoms with Gasteiger partial charge in [-0.3, -0.25) is 4.98 Å². The Bertz CT molecular complexity index is 565. The number of halogens is 2. The van der Waals surface area contributed by atoms with E-state index in [2.05, 4.69) is 4.98 Å². The van der Waals surface area contributed by atoms with Crippen molar-refractivity contribution in [2.45, 2.75) is 25.7 Å². The van der Waals surface area contributed by atoms with Crippen molar-refractivity contribution in [2.75, 3.05) is 0 Å². The third-order valence-electron chi connectivity index (χ3n) is 3.17. The Morgan fingerprint density at radius 3 is 2.88 bits per heavy atom. The fraction of sp³-hybridized carbons (Fsp3) is 0.308. The zero-order valence-corrected chi connectivity index (χ0v) is 9.52. The first-order valence-corrected chi connectivity index (χ1v) is 5.90. The molecule has 2 aromatic rings. The third-order valence-corrected chi connectivity index (χ3v) is 3.59. The Balaban J connectivity index is 2.40. The first-order chi connectivity index (χ1) is 7.77. The zero-order valence-electron chi connectivity index (χ0n) is 8.76. The van der Waals surface area contributed by atoms with Crippen molar-refractivity contribution in [3.05, 3.63) is 40.3 Å². The monoisotopic (exact) mass is 235 g/mol. The molecule has 0 spiro atoms. The topological polar surface area (TPSA) is 12.9 Å². The third kappa shape index (κ3) is 1.40. The molecule has 0 N–H and O–H groups in total. The van der Waals surface area contributed by atoms with Crippen molar-refractivity contribution < 1.29 is 4.39 Å². The molecule has 0 saturated heterocycles. The minimum Gasteiger partial charge on any atom is -0.252 e. The summed E-state index contributed by atoms with van der Waals surface area (Å²) < 4.78 is 13.7. The van der Waals surface area contributed by atoms with Gasteiger partial charge < -0.3 is 0 Å². The number of fused-ring (bicyclic) bond motifs is 2. The molecule has 3 heteroatoms. The van der Waals surface area contributed by atoms with Gasteiger partial charge in [-0.25, -0.2) is 4.39 Å². The van der Waals surface area contributed by atoms with Crippen LogP contribution in [0.2, 0.25) is 5.02 Å². The summed E-state index contributed by atoms with van der Waals surface area (Å²) >= 11 is 6.28. The number of pyridine rings is 1. The van der Waals surface area contributed by atoms with Crippen LogP contribution in [0.4, 0.5) is 4.39 Å². The van der Waals surface area contributed by atoms with E-state index in [4.69, 9.17) is 11.6 Å². The van der Waals surface area contributed by atoms with Gasteiger partial charge in [0.15, 0.2) is 0 Å². The van der Waals surface area contributed by atoms with Crippen LogP contribution in [-0.4, -0.2) is 4.98 Å². The van der Waals surface area contributed by atoms with Crippen LogP contribution in [-0.2, 0) is 12.8 Å². The average molecular weight is 236 g/mol. The van der Waals surface area contributed by atoms with Crippen LogP contribution in [0.15, 0.2) is 18.2 Å². The molecule has 0 amide bonds. The highest BCUT2D eigenvalue weighted by Crippen LogP contribution is 2.33. The summed E-state index contributed by atoms with van der Waals surface area (Å²) in [6.07, 6.45) is 4.15. The van der Waals surface area contributed by atoms with Crippen molar-refractivity contribution in [1.82, 2.24) is 4.98 Å². The molecule has 0 radical (unpaired) electrons. The molecule has 0 unspecified atom stereocenters. The van der Waals surface area contributed by atoms with Crippen molar-refractivity contribution in [2.24, 2.45) is 0 Å². The molecule has 0 bridgehead atoms. The number of hydrogen-bond acceptors (Lipinski definition) is 1. The van der Waals surface area contributed by atoms with E-state index < -0.39 is 0 Å². The molecule has 1 aliphatic rings. The van der Waals surface area contributed by atoms with E-state index in [1.54, 1.807) is 6.07 Å². The van der Waals surface area contributed by atoms with E-state index in [1.807, 2.05) is 6.07 Å². The van der Waals surface area contributed by atoms with Gasteiger partial charge in [0, 0.05) is 5.69 Å². The second-order valence-electron chi connectivity index (χ2n) is 4.19. The van der Waals surface area contributed by atoms with Gasteiger partial charge in [-0.1, -0.05) is 17.7 Å². The van der Waals surface area contributed by atoms with Gasteiger partial charge in [0.05, 0.1) is 15.9 Å². The minimum absolute atomic E-state index is 0.275. The highest BCUT2D eigenvalue weighted by Gasteiger charge is 2.18. The summed E-state index contributed by atoms with van der Waals surface area (Å²) in [6.45, 7) is 0. The molecule has 16 heavy (non-hydrogen) atoms. The Morgan fingerprint density at radius 1 is 1.19 bits per heavy atom. The lowest BCUT2D eigenvalue weighted by Gasteiger charge is -2.17. The van der Waals surface area contributed by atoms with Gasteiger partial charge in [-0.05, 0) is 43.4 Å². The standard InChI is InChI=1S/C13H11ClFN/c14-13-8-4-1-2-6-10(8)16-11-7-3-5-9(15)12(11)13/h3,5,7H,1-2,4,6H2. The van der Waals surface area contributed by atoms with Crippen molar-refractivity contribution in [1.29, 1.82) is 0 Å². The van der Waals surface area contributed by atoms with E-state index in [9.17, 15) is 4.39 Å². The predicted molar refractivity (Wildman–Crippen MR) is 63.4 cm³/mol. The quantitative estimate of drug-likeness (QED) is 0.675. The lowest BCUT2D eigenvalue weighted by Crippen LogP contribution is -2.07. The van der Waals surface area contributed by atoms with Crippen LogP contribution in [0.25, 0.3) is 10.9 Å². The summed E-state index contributed by atoms with van der Waals surface area (Å²) in [5.41, 5.74) is 2.77. The Morgan fingerprint density at radius 2 is 2.00 bits per heavy atom. The molecule has 1 aliphatic carbocycles. The number of aryl methyl sites for hydroxylation is 1. The summed E-state index contributed by atoms with van der Waals surface area (Å²) in [5, 5.41) is 1.04.